The van der Waals surface area contributed by atoms with Crippen LogP contribution < -0.4 is 5.32 Å². The van der Waals surface area contributed by atoms with Gasteiger partial charge < -0.3 is 10.1 Å². The molecular formula is C16H12BrClFNO3. The Bertz CT molecular complexity index is 767. The number of ether oxygens (including phenoxy) is 1. The fourth-order valence-electron chi connectivity index (χ4n) is 1.82. The first-order valence-electron chi connectivity index (χ1n) is 6.55. The van der Waals surface area contributed by atoms with Crippen LogP contribution in [0.25, 0.3) is 0 Å². The van der Waals surface area contributed by atoms with Crippen LogP contribution in [0.2, 0.25) is 5.02 Å². The number of rotatable bonds is 4. The van der Waals surface area contributed by atoms with Gasteiger partial charge in [0.05, 0.1) is 5.56 Å². The molecule has 0 aromatic heterocycles. The van der Waals surface area contributed by atoms with Crippen LogP contribution in [0.15, 0.2) is 40.9 Å². The predicted octanol–water partition coefficient (Wildman–Crippen LogP) is 4.35. The Balaban J connectivity index is 1.94. The van der Waals surface area contributed by atoms with Crippen LogP contribution in [-0.4, -0.2) is 18.5 Å². The molecule has 0 saturated heterocycles. The summed E-state index contributed by atoms with van der Waals surface area (Å²) < 4.78 is 18.2. The summed E-state index contributed by atoms with van der Waals surface area (Å²) in [6.07, 6.45) is 0. The normalized spacial score (nSPS) is 10.3. The smallest absolute Gasteiger partial charge is 0.339 e. The van der Waals surface area contributed by atoms with E-state index in [2.05, 4.69) is 21.2 Å². The lowest BCUT2D eigenvalue weighted by atomic mass is 10.2. The molecule has 0 bridgehead atoms. The SMILES string of the molecule is Cc1cc(Cl)ccc1NC(=O)COC(=O)c1ccc(F)cc1Br. The zero-order chi connectivity index (χ0) is 17.0. The van der Waals surface area contributed by atoms with Gasteiger partial charge in [0.25, 0.3) is 5.91 Å². The van der Waals surface area contributed by atoms with Crippen molar-refractivity contribution in [3.8, 4) is 0 Å². The average molecular weight is 401 g/mol. The molecule has 0 saturated carbocycles. The highest BCUT2D eigenvalue weighted by Crippen LogP contribution is 2.20. The molecule has 0 fully saturated rings. The zero-order valence-corrected chi connectivity index (χ0v) is 14.4. The van der Waals surface area contributed by atoms with Gasteiger partial charge in [0.1, 0.15) is 5.82 Å². The molecule has 0 aliphatic rings. The third-order valence-electron chi connectivity index (χ3n) is 2.95. The van der Waals surface area contributed by atoms with Crippen LogP contribution in [0.5, 0.6) is 0 Å². The molecule has 0 aliphatic heterocycles. The number of nitrogens with one attached hydrogen (secondary N) is 1. The molecule has 0 unspecified atom stereocenters. The number of halogens is 3. The topological polar surface area (TPSA) is 55.4 Å². The summed E-state index contributed by atoms with van der Waals surface area (Å²) in [5, 5.41) is 3.18. The van der Waals surface area contributed by atoms with Crippen LogP contribution in [0.4, 0.5) is 10.1 Å². The van der Waals surface area contributed by atoms with E-state index < -0.39 is 24.3 Å². The number of esters is 1. The quantitative estimate of drug-likeness (QED) is 0.777. The summed E-state index contributed by atoms with van der Waals surface area (Å²) in [5.41, 5.74) is 1.51. The number of carbonyl (C=O) groups excluding carboxylic acids is 2. The predicted molar refractivity (Wildman–Crippen MR) is 89.2 cm³/mol. The molecule has 7 heteroatoms. The maximum Gasteiger partial charge on any atom is 0.339 e. The van der Waals surface area contributed by atoms with Crippen molar-refractivity contribution in [3.63, 3.8) is 0 Å². The van der Waals surface area contributed by atoms with E-state index in [-0.39, 0.29) is 10.0 Å². The zero-order valence-electron chi connectivity index (χ0n) is 12.0. The third kappa shape index (κ3) is 4.77. The molecule has 23 heavy (non-hydrogen) atoms. The standard InChI is InChI=1S/C16H12BrClFNO3/c1-9-6-10(18)2-5-14(9)20-15(21)8-23-16(22)12-4-3-11(19)7-13(12)17/h2-7H,8H2,1H3,(H,20,21). The number of anilines is 1. The molecule has 120 valence electrons. The van der Waals surface area contributed by atoms with Gasteiger partial charge in [-0.1, -0.05) is 11.6 Å². The number of hydrogen-bond donors (Lipinski definition) is 1. The van der Waals surface area contributed by atoms with E-state index in [4.69, 9.17) is 16.3 Å². The fourth-order valence-corrected chi connectivity index (χ4v) is 2.56. The van der Waals surface area contributed by atoms with Crippen LogP contribution in [0.3, 0.4) is 0 Å². The lowest BCUT2D eigenvalue weighted by molar-refractivity contribution is -0.119. The van der Waals surface area contributed by atoms with Crippen molar-refractivity contribution < 1.29 is 18.7 Å². The molecule has 2 aromatic carbocycles. The van der Waals surface area contributed by atoms with E-state index in [1.165, 1.54) is 6.07 Å². The highest BCUT2D eigenvalue weighted by atomic mass is 79.9. The van der Waals surface area contributed by atoms with Gasteiger partial charge in [-0.25, -0.2) is 9.18 Å². The summed E-state index contributed by atoms with van der Waals surface area (Å²) in [5.74, 6) is -1.69. The number of benzene rings is 2. The Morgan fingerprint density at radius 2 is 2.00 bits per heavy atom. The van der Waals surface area contributed by atoms with E-state index in [1.54, 1.807) is 25.1 Å². The molecule has 0 spiro atoms. The van der Waals surface area contributed by atoms with Crippen molar-refractivity contribution in [1.82, 2.24) is 0 Å². The van der Waals surface area contributed by atoms with Gasteiger partial charge in [-0.3, -0.25) is 4.79 Å². The van der Waals surface area contributed by atoms with Gasteiger partial charge in [-0.05, 0) is 64.8 Å². The molecule has 1 N–H and O–H groups in total. The Hall–Kier alpha value is -1.92. The minimum Gasteiger partial charge on any atom is -0.452 e. The summed E-state index contributed by atoms with van der Waals surface area (Å²) >= 11 is 8.91. The van der Waals surface area contributed by atoms with E-state index in [0.29, 0.717) is 10.7 Å². The van der Waals surface area contributed by atoms with Crippen LogP contribution in [-0.2, 0) is 9.53 Å². The second-order valence-electron chi connectivity index (χ2n) is 4.71. The van der Waals surface area contributed by atoms with E-state index >= 15 is 0 Å². The largest absolute Gasteiger partial charge is 0.452 e. The van der Waals surface area contributed by atoms with Crippen molar-refractivity contribution >= 4 is 45.1 Å². The summed E-state index contributed by atoms with van der Waals surface area (Å²) in [6, 6.07) is 8.58. The Kier molecular flexibility index (Phi) is 5.74. The van der Waals surface area contributed by atoms with Crippen molar-refractivity contribution in [1.29, 1.82) is 0 Å². The van der Waals surface area contributed by atoms with Crippen LogP contribution >= 0.6 is 27.5 Å². The van der Waals surface area contributed by atoms with Gasteiger partial charge in [0.15, 0.2) is 6.61 Å². The highest BCUT2D eigenvalue weighted by Gasteiger charge is 2.14. The van der Waals surface area contributed by atoms with E-state index in [0.717, 1.165) is 17.7 Å². The lowest BCUT2D eigenvalue weighted by Crippen LogP contribution is -2.21. The van der Waals surface area contributed by atoms with Crippen LogP contribution in [0.1, 0.15) is 15.9 Å². The van der Waals surface area contributed by atoms with Gasteiger partial charge in [-0.2, -0.15) is 0 Å². The first-order valence-corrected chi connectivity index (χ1v) is 7.72. The minimum absolute atomic E-state index is 0.141. The molecule has 4 nitrogen and oxygen atoms in total. The van der Waals surface area contributed by atoms with Gasteiger partial charge >= 0.3 is 5.97 Å². The second-order valence-corrected chi connectivity index (χ2v) is 6.00. The molecule has 1 amide bonds. The van der Waals surface area contributed by atoms with Crippen molar-refractivity contribution in [2.45, 2.75) is 6.92 Å². The third-order valence-corrected chi connectivity index (χ3v) is 3.84. The molecule has 0 heterocycles. The molecule has 2 aromatic rings. The van der Waals surface area contributed by atoms with Gasteiger partial charge in [0, 0.05) is 15.2 Å². The Labute approximate surface area is 145 Å². The van der Waals surface area contributed by atoms with Crippen LogP contribution in [0, 0.1) is 12.7 Å². The molecule has 2 rings (SSSR count). The number of aryl methyl sites for hydroxylation is 1. The highest BCUT2D eigenvalue weighted by molar-refractivity contribution is 9.10. The average Bonchev–Trinajstić information content (AvgIpc) is 2.48. The number of hydrogen-bond acceptors (Lipinski definition) is 3. The lowest BCUT2D eigenvalue weighted by Gasteiger charge is -2.09. The molecule has 0 atom stereocenters. The first kappa shape index (κ1) is 17.4. The monoisotopic (exact) mass is 399 g/mol. The fraction of sp³-hybridized carbons (Fsp3) is 0.125. The molecule has 0 radical (unpaired) electrons. The van der Waals surface area contributed by atoms with Crippen molar-refractivity contribution in [3.05, 3.63) is 62.8 Å². The maximum absolute atomic E-state index is 13.0. The number of carbonyl (C=O) groups is 2. The Morgan fingerprint density at radius 3 is 2.65 bits per heavy atom. The molecular weight excluding hydrogens is 389 g/mol. The first-order chi connectivity index (χ1) is 10.9. The summed E-state index contributed by atoms with van der Waals surface area (Å²) in [4.78, 5) is 23.7. The maximum atomic E-state index is 13.0. The van der Waals surface area contributed by atoms with Crippen molar-refractivity contribution in [2.75, 3.05) is 11.9 Å². The molecule has 0 aliphatic carbocycles. The second kappa shape index (κ2) is 7.57. The van der Waals surface area contributed by atoms with Gasteiger partial charge in [0.2, 0.25) is 0 Å². The van der Waals surface area contributed by atoms with Gasteiger partial charge in [-0.15, -0.1) is 0 Å². The summed E-state index contributed by atoms with van der Waals surface area (Å²) in [6.45, 7) is 1.34. The Morgan fingerprint density at radius 1 is 1.26 bits per heavy atom. The summed E-state index contributed by atoms with van der Waals surface area (Å²) in [7, 11) is 0. The van der Waals surface area contributed by atoms with E-state index in [1.807, 2.05) is 0 Å². The minimum atomic E-state index is -0.722. The van der Waals surface area contributed by atoms with E-state index in [9.17, 15) is 14.0 Å². The number of amides is 1. The van der Waals surface area contributed by atoms with Crippen molar-refractivity contribution in [2.24, 2.45) is 0 Å².